The quantitative estimate of drug-likeness (QED) is 0.842. The van der Waals surface area contributed by atoms with Crippen molar-refractivity contribution in [1.29, 1.82) is 0 Å². The molecule has 1 aliphatic rings. The molecule has 1 aromatic rings. The van der Waals surface area contributed by atoms with Crippen LogP contribution in [0.3, 0.4) is 0 Å². The van der Waals surface area contributed by atoms with Gasteiger partial charge < -0.3 is 20.1 Å². The molecule has 0 aliphatic carbocycles. The molecule has 23 heavy (non-hydrogen) atoms. The zero-order valence-electron chi connectivity index (χ0n) is 14.5. The lowest BCUT2D eigenvalue weighted by atomic mass is 9.93. The van der Waals surface area contributed by atoms with Gasteiger partial charge in [0.05, 0.1) is 12.2 Å². The lowest BCUT2D eigenvalue weighted by Gasteiger charge is -2.22. The molecule has 1 aromatic carbocycles. The number of anilines is 1. The highest BCUT2D eigenvalue weighted by Gasteiger charge is 2.30. The summed E-state index contributed by atoms with van der Waals surface area (Å²) in [5, 5.41) is 5.84. The molecule has 2 amide bonds. The monoisotopic (exact) mass is 320 g/mol. The van der Waals surface area contributed by atoms with Crippen molar-refractivity contribution in [3.8, 4) is 0 Å². The van der Waals surface area contributed by atoms with E-state index in [1.807, 2.05) is 31.2 Å². The van der Waals surface area contributed by atoms with Crippen LogP contribution in [-0.2, 0) is 9.47 Å². The number of carbonyl (C=O) groups is 1. The molecule has 1 saturated heterocycles. The van der Waals surface area contributed by atoms with Crippen molar-refractivity contribution in [2.75, 3.05) is 25.6 Å². The van der Waals surface area contributed by atoms with E-state index in [0.29, 0.717) is 18.4 Å². The van der Waals surface area contributed by atoms with Crippen LogP contribution in [0.2, 0.25) is 0 Å². The Morgan fingerprint density at radius 1 is 1.39 bits per heavy atom. The molecule has 128 valence electrons. The zero-order valence-corrected chi connectivity index (χ0v) is 14.5. The molecule has 5 nitrogen and oxygen atoms in total. The first-order valence-corrected chi connectivity index (χ1v) is 8.30. The Kier molecular flexibility index (Phi) is 6.42. The van der Waals surface area contributed by atoms with Crippen LogP contribution >= 0.6 is 0 Å². The fourth-order valence-corrected chi connectivity index (χ4v) is 3.02. The Bertz CT molecular complexity index is 519. The van der Waals surface area contributed by atoms with Crippen LogP contribution in [0.5, 0.6) is 0 Å². The zero-order chi connectivity index (χ0) is 16.8. The van der Waals surface area contributed by atoms with Gasteiger partial charge >= 0.3 is 6.03 Å². The summed E-state index contributed by atoms with van der Waals surface area (Å²) in [7, 11) is 1.67. The molecule has 0 spiro atoms. The summed E-state index contributed by atoms with van der Waals surface area (Å²) in [6.45, 7) is 7.72. The number of ether oxygens (including phenoxy) is 2. The predicted octanol–water partition coefficient (Wildman–Crippen LogP) is 3.58. The number of methoxy groups -OCH3 is 1. The summed E-state index contributed by atoms with van der Waals surface area (Å²) < 4.78 is 11.0. The number of nitrogens with one attached hydrogen (secondary N) is 2. The van der Waals surface area contributed by atoms with Crippen molar-refractivity contribution in [2.24, 2.45) is 11.8 Å². The van der Waals surface area contributed by atoms with Crippen LogP contribution in [0.4, 0.5) is 10.5 Å². The van der Waals surface area contributed by atoms with E-state index in [4.69, 9.17) is 9.47 Å². The van der Waals surface area contributed by atoms with Gasteiger partial charge in [-0.05, 0) is 37.0 Å². The number of benzene rings is 1. The van der Waals surface area contributed by atoms with Crippen molar-refractivity contribution >= 4 is 11.7 Å². The topological polar surface area (TPSA) is 59.6 Å². The molecule has 3 atom stereocenters. The molecule has 0 radical (unpaired) electrons. The Hall–Kier alpha value is -1.59. The molecular formula is C18H28N2O3. The minimum atomic E-state index is -0.179. The van der Waals surface area contributed by atoms with Crippen molar-refractivity contribution in [1.82, 2.24) is 5.32 Å². The average Bonchev–Trinajstić information content (AvgIpc) is 3.01. The molecule has 0 saturated carbocycles. The molecule has 0 bridgehead atoms. The van der Waals surface area contributed by atoms with Gasteiger partial charge in [-0.15, -0.1) is 0 Å². The predicted molar refractivity (Wildman–Crippen MR) is 91.6 cm³/mol. The van der Waals surface area contributed by atoms with Crippen molar-refractivity contribution in [2.45, 2.75) is 39.4 Å². The fourth-order valence-electron chi connectivity index (χ4n) is 3.02. The number of rotatable bonds is 6. The lowest BCUT2D eigenvalue weighted by Crippen LogP contribution is -2.37. The number of amides is 2. The molecule has 1 heterocycles. The molecule has 3 unspecified atom stereocenters. The van der Waals surface area contributed by atoms with Crippen LogP contribution in [0.1, 0.15) is 38.9 Å². The van der Waals surface area contributed by atoms with E-state index in [2.05, 4.69) is 24.5 Å². The van der Waals surface area contributed by atoms with Gasteiger partial charge in [0.25, 0.3) is 0 Å². The van der Waals surface area contributed by atoms with Crippen molar-refractivity contribution < 1.29 is 14.3 Å². The summed E-state index contributed by atoms with van der Waals surface area (Å²) in [6, 6.07) is 7.53. The highest BCUT2D eigenvalue weighted by Crippen LogP contribution is 2.26. The summed E-state index contributed by atoms with van der Waals surface area (Å²) in [4.78, 5) is 12.1. The highest BCUT2D eigenvalue weighted by atomic mass is 16.5. The first kappa shape index (κ1) is 17.8. The third-order valence-corrected chi connectivity index (χ3v) is 4.41. The largest absolute Gasteiger partial charge is 0.378 e. The molecular weight excluding hydrogens is 292 g/mol. The second kappa shape index (κ2) is 8.31. The molecule has 5 heteroatoms. The van der Waals surface area contributed by atoms with Crippen LogP contribution in [0.15, 0.2) is 24.3 Å². The second-order valence-electron chi connectivity index (χ2n) is 6.47. The van der Waals surface area contributed by atoms with Crippen molar-refractivity contribution in [3.05, 3.63) is 29.8 Å². The highest BCUT2D eigenvalue weighted by molar-refractivity contribution is 5.89. The van der Waals surface area contributed by atoms with E-state index in [0.717, 1.165) is 24.3 Å². The molecule has 2 N–H and O–H groups in total. The maximum atomic E-state index is 12.1. The number of urea groups is 1. The van der Waals surface area contributed by atoms with Crippen molar-refractivity contribution in [3.63, 3.8) is 0 Å². The van der Waals surface area contributed by atoms with Gasteiger partial charge in [0.15, 0.2) is 0 Å². The molecule has 1 fully saturated rings. The van der Waals surface area contributed by atoms with Gasteiger partial charge in [0.1, 0.15) is 0 Å². The van der Waals surface area contributed by atoms with E-state index in [9.17, 15) is 4.79 Å². The first-order valence-electron chi connectivity index (χ1n) is 8.30. The van der Waals surface area contributed by atoms with Gasteiger partial charge in [-0.2, -0.15) is 0 Å². The second-order valence-corrected chi connectivity index (χ2v) is 6.47. The standard InChI is InChI=1S/C18H28N2O3/c1-12(2)17-15(8-9-23-17)11-19-18(21)20-16-7-5-6-14(10-16)13(3)22-4/h5-7,10,12-13,15,17H,8-9,11H2,1-4H3,(H2,19,20,21). The Morgan fingerprint density at radius 2 is 2.17 bits per heavy atom. The Balaban J connectivity index is 1.85. The maximum Gasteiger partial charge on any atom is 0.319 e. The maximum absolute atomic E-state index is 12.1. The normalized spacial score (nSPS) is 22.1. The van der Waals surface area contributed by atoms with Gasteiger partial charge in [-0.25, -0.2) is 4.79 Å². The van der Waals surface area contributed by atoms with E-state index < -0.39 is 0 Å². The minimum Gasteiger partial charge on any atom is -0.378 e. The first-order chi connectivity index (χ1) is 11.0. The van der Waals surface area contributed by atoms with E-state index in [1.54, 1.807) is 7.11 Å². The van der Waals surface area contributed by atoms with Crippen LogP contribution in [0, 0.1) is 11.8 Å². The Labute approximate surface area is 138 Å². The summed E-state index contributed by atoms with van der Waals surface area (Å²) in [5.74, 6) is 0.861. The number of hydrogen-bond donors (Lipinski definition) is 2. The van der Waals surface area contributed by atoms with Gasteiger partial charge in [0.2, 0.25) is 0 Å². The number of hydrogen-bond acceptors (Lipinski definition) is 3. The summed E-state index contributed by atoms with van der Waals surface area (Å²) in [6.07, 6.45) is 1.24. The van der Waals surface area contributed by atoms with Crippen LogP contribution in [-0.4, -0.2) is 32.4 Å². The molecule has 1 aliphatic heterocycles. The summed E-state index contributed by atoms with van der Waals surface area (Å²) >= 11 is 0. The Morgan fingerprint density at radius 3 is 2.87 bits per heavy atom. The van der Waals surface area contributed by atoms with E-state index >= 15 is 0 Å². The smallest absolute Gasteiger partial charge is 0.319 e. The van der Waals surface area contributed by atoms with Crippen LogP contribution < -0.4 is 10.6 Å². The van der Waals surface area contributed by atoms with E-state index in [1.165, 1.54) is 0 Å². The third-order valence-electron chi connectivity index (χ3n) is 4.41. The number of carbonyl (C=O) groups excluding carboxylic acids is 1. The third kappa shape index (κ3) is 4.94. The molecule has 2 rings (SSSR count). The van der Waals surface area contributed by atoms with Gasteiger partial charge in [0, 0.05) is 31.9 Å². The SMILES string of the molecule is COC(C)c1cccc(NC(=O)NCC2CCOC2C(C)C)c1. The lowest BCUT2D eigenvalue weighted by molar-refractivity contribution is 0.0546. The van der Waals surface area contributed by atoms with Crippen LogP contribution in [0.25, 0.3) is 0 Å². The fraction of sp³-hybridized carbons (Fsp3) is 0.611. The average molecular weight is 320 g/mol. The summed E-state index contributed by atoms with van der Waals surface area (Å²) in [5.41, 5.74) is 1.81. The van der Waals surface area contributed by atoms with E-state index in [-0.39, 0.29) is 18.2 Å². The minimum absolute atomic E-state index is 0.00208. The molecule has 0 aromatic heterocycles. The van der Waals surface area contributed by atoms with Gasteiger partial charge in [-0.1, -0.05) is 26.0 Å². The van der Waals surface area contributed by atoms with Gasteiger partial charge in [-0.3, -0.25) is 0 Å².